The van der Waals surface area contributed by atoms with Gasteiger partial charge in [0, 0.05) is 31.7 Å². The van der Waals surface area contributed by atoms with Crippen molar-refractivity contribution in [3.05, 3.63) is 93.0 Å². The van der Waals surface area contributed by atoms with Crippen LogP contribution in [0.15, 0.2) is 70.4 Å². The molecule has 3 heterocycles. The van der Waals surface area contributed by atoms with Crippen LogP contribution in [0, 0.1) is 5.82 Å². The van der Waals surface area contributed by atoms with E-state index >= 15 is 0 Å². The van der Waals surface area contributed by atoms with Gasteiger partial charge in [-0.25, -0.2) is 18.7 Å². The summed E-state index contributed by atoms with van der Waals surface area (Å²) in [6.07, 6.45) is 4.55. The molecule has 4 aromatic rings. The molecule has 0 atom stereocenters. The Kier molecular flexibility index (Phi) is 9.95. The molecule has 1 amide bonds. The molecule has 1 N–H and O–H groups in total. The number of carbonyl (C=O) groups is 1. The van der Waals surface area contributed by atoms with E-state index in [1.54, 1.807) is 0 Å². The van der Waals surface area contributed by atoms with Gasteiger partial charge in [-0.15, -0.1) is 0 Å². The summed E-state index contributed by atoms with van der Waals surface area (Å²) in [5, 5.41) is 3.12. The largest absolute Gasteiger partial charge is 0.352 e. The summed E-state index contributed by atoms with van der Waals surface area (Å²) in [6.45, 7) is 5.55. The number of aromatic nitrogens is 3. The number of rotatable bonds is 8. The van der Waals surface area contributed by atoms with Gasteiger partial charge in [0.25, 0.3) is 5.56 Å². The third-order valence-electron chi connectivity index (χ3n) is 9.39. The van der Waals surface area contributed by atoms with Crippen molar-refractivity contribution in [3.63, 3.8) is 0 Å². The lowest BCUT2D eigenvalue weighted by Crippen LogP contribution is -2.46. The highest BCUT2D eigenvalue weighted by Gasteiger charge is 2.28. The van der Waals surface area contributed by atoms with E-state index in [1.807, 2.05) is 43.3 Å². The van der Waals surface area contributed by atoms with Crippen molar-refractivity contribution in [2.75, 3.05) is 53.9 Å². The maximum atomic E-state index is 14.4. The highest BCUT2D eigenvalue weighted by molar-refractivity contribution is 5.78. The molecule has 10 nitrogen and oxygen atoms in total. The molecule has 11 heteroatoms. The van der Waals surface area contributed by atoms with Crippen molar-refractivity contribution in [3.8, 4) is 16.8 Å². The van der Waals surface area contributed by atoms with Crippen molar-refractivity contribution in [1.82, 2.24) is 34.1 Å². The number of nitrogens with zero attached hydrogens (tertiary/aromatic N) is 6. The lowest BCUT2D eigenvalue weighted by Gasteiger charge is -2.30. The fraction of sp³-hybridized carbons (Fsp3) is 0.444. The molecule has 2 aromatic heterocycles. The molecule has 0 unspecified atom stereocenters. The molecule has 47 heavy (non-hydrogen) atoms. The van der Waals surface area contributed by atoms with Gasteiger partial charge in [0.05, 0.1) is 23.8 Å². The molecular formula is C36H44FN7O3. The standard InChI is InChI=1S/C36H44FN7O3/c1-40(2)24-33(45)39-29-12-14-30(15-13-29)44-35(46)32-21-28(37)22-38-34(32)43(36(44)47)31-7-4-6-27(20-31)26-10-8-25(9-11-26)23-42-17-5-16-41(3)18-19-42/h4,6-11,20-22,29-30H,5,12-19,23-24H2,1-3H3,(H,39,45)/t29-,30+. The van der Waals surface area contributed by atoms with E-state index in [9.17, 15) is 18.8 Å². The number of amides is 1. The number of hydrogen-bond acceptors (Lipinski definition) is 7. The highest BCUT2D eigenvalue weighted by atomic mass is 19.1. The van der Waals surface area contributed by atoms with Crippen LogP contribution >= 0.6 is 0 Å². The minimum absolute atomic E-state index is 0.0228. The van der Waals surface area contributed by atoms with E-state index < -0.39 is 17.1 Å². The Morgan fingerprint density at radius 2 is 1.72 bits per heavy atom. The molecule has 0 radical (unpaired) electrons. The number of nitrogens with one attached hydrogen (secondary N) is 1. The number of carbonyl (C=O) groups excluding carboxylic acids is 1. The van der Waals surface area contributed by atoms with Gasteiger partial charge in [-0.1, -0.05) is 36.4 Å². The Bertz CT molecular complexity index is 1840. The summed E-state index contributed by atoms with van der Waals surface area (Å²) >= 11 is 0. The Hall–Kier alpha value is -4.19. The average Bonchev–Trinajstić information content (AvgIpc) is 3.26. The van der Waals surface area contributed by atoms with Crippen molar-refractivity contribution >= 4 is 16.9 Å². The Morgan fingerprint density at radius 1 is 0.957 bits per heavy atom. The van der Waals surface area contributed by atoms with Crippen molar-refractivity contribution < 1.29 is 9.18 Å². The van der Waals surface area contributed by atoms with Crippen LogP contribution in [0.1, 0.15) is 43.7 Å². The molecule has 0 bridgehead atoms. The van der Waals surface area contributed by atoms with Gasteiger partial charge in [-0.3, -0.25) is 19.1 Å². The second-order valence-electron chi connectivity index (χ2n) is 13.3. The second kappa shape index (κ2) is 14.3. The van der Waals surface area contributed by atoms with Crippen LogP contribution in [0.5, 0.6) is 0 Å². The number of fused-ring (bicyclic) bond motifs is 1. The van der Waals surface area contributed by atoms with Crippen LogP contribution in [-0.2, 0) is 11.3 Å². The highest BCUT2D eigenvalue weighted by Crippen LogP contribution is 2.28. The third kappa shape index (κ3) is 7.53. The molecule has 0 spiro atoms. The van der Waals surface area contributed by atoms with Crippen molar-refractivity contribution in [2.45, 2.75) is 50.7 Å². The minimum Gasteiger partial charge on any atom is -0.352 e. The van der Waals surface area contributed by atoms with Crippen LogP contribution in [0.2, 0.25) is 0 Å². The molecule has 2 aliphatic rings. The molecule has 1 saturated carbocycles. The van der Waals surface area contributed by atoms with Crippen molar-refractivity contribution in [1.29, 1.82) is 0 Å². The minimum atomic E-state index is -0.639. The molecule has 1 aliphatic heterocycles. The van der Waals surface area contributed by atoms with Gasteiger partial charge in [0.1, 0.15) is 5.82 Å². The number of pyridine rings is 1. The van der Waals surface area contributed by atoms with E-state index in [2.05, 4.69) is 51.4 Å². The van der Waals surface area contributed by atoms with Gasteiger partial charge in [0.2, 0.25) is 5.91 Å². The first kappa shape index (κ1) is 32.7. The van der Waals surface area contributed by atoms with E-state index in [1.165, 1.54) is 21.1 Å². The fourth-order valence-corrected chi connectivity index (χ4v) is 6.92. The predicted molar refractivity (Wildman–Crippen MR) is 182 cm³/mol. The third-order valence-corrected chi connectivity index (χ3v) is 9.39. The zero-order chi connectivity index (χ0) is 33.1. The van der Waals surface area contributed by atoms with E-state index in [4.69, 9.17) is 0 Å². The molecule has 248 valence electrons. The smallest absolute Gasteiger partial charge is 0.337 e. The van der Waals surface area contributed by atoms with Gasteiger partial charge in [-0.05, 0) is 101 Å². The molecular weight excluding hydrogens is 597 g/mol. The Labute approximate surface area is 274 Å². The van der Waals surface area contributed by atoms with Crippen LogP contribution in [0.3, 0.4) is 0 Å². The molecule has 2 aromatic carbocycles. The molecule has 1 saturated heterocycles. The summed E-state index contributed by atoms with van der Waals surface area (Å²) < 4.78 is 17.1. The van der Waals surface area contributed by atoms with E-state index in [0.717, 1.165) is 56.1 Å². The summed E-state index contributed by atoms with van der Waals surface area (Å²) in [5.41, 5.74) is 2.80. The Balaban J connectivity index is 1.29. The zero-order valence-corrected chi connectivity index (χ0v) is 27.5. The molecule has 2 fully saturated rings. The maximum absolute atomic E-state index is 14.4. The van der Waals surface area contributed by atoms with Crippen LogP contribution < -0.4 is 16.6 Å². The van der Waals surface area contributed by atoms with Crippen LogP contribution in [-0.4, -0.2) is 94.6 Å². The van der Waals surface area contributed by atoms with Gasteiger partial charge in [-0.2, -0.15) is 0 Å². The van der Waals surface area contributed by atoms with E-state index in [0.29, 0.717) is 37.9 Å². The first-order chi connectivity index (χ1) is 22.7. The summed E-state index contributed by atoms with van der Waals surface area (Å²) in [5.74, 6) is -0.690. The first-order valence-corrected chi connectivity index (χ1v) is 16.5. The van der Waals surface area contributed by atoms with E-state index in [-0.39, 0.29) is 29.0 Å². The number of benzene rings is 2. The number of likely N-dealkylation sites (N-methyl/N-ethyl adjacent to an activating group) is 2. The van der Waals surface area contributed by atoms with Crippen LogP contribution in [0.25, 0.3) is 27.8 Å². The lowest BCUT2D eigenvalue weighted by molar-refractivity contribution is -0.122. The van der Waals surface area contributed by atoms with Crippen LogP contribution in [0.4, 0.5) is 4.39 Å². The van der Waals surface area contributed by atoms with Gasteiger partial charge >= 0.3 is 5.69 Å². The lowest BCUT2D eigenvalue weighted by atomic mass is 9.91. The second-order valence-corrected chi connectivity index (χ2v) is 13.3. The quantitative estimate of drug-likeness (QED) is 0.314. The predicted octanol–water partition coefficient (Wildman–Crippen LogP) is 3.65. The fourth-order valence-electron chi connectivity index (χ4n) is 6.92. The zero-order valence-electron chi connectivity index (χ0n) is 27.5. The topological polar surface area (TPSA) is 95.7 Å². The molecule has 1 aliphatic carbocycles. The maximum Gasteiger partial charge on any atom is 0.337 e. The SMILES string of the molecule is CN(C)CC(=O)N[C@H]1CC[C@@H](n2c(=O)c3cc(F)cnc3n(-c3cccc(-c4ccc(CN5CCCN(C)CC5)cc4)c3)c2=O)CC1. The summed E-state index contributed by atoms with van der Waals surface area (Å²) in [6, 6.07) is 16.9. The first-order valence-electron chi connectivity index (χ1n) is 16.5. The monoisotopic (exact) mass is 641 g/mol. The average molecular weight is 642 g/mol. The van der Waals surface area contributed by atoms with Gasteiger partial charge in [0.15, 0.2) is 5.65 Å². The number of halogens is 1. The molecule has 6 rings (SSSR count). The van der Waals surface area contributed by atoms with Gasteiger partial charge < -0.3 is 15.1 Å². The summed E-state index contributed by atoms with van der Waals surface area (Å²) in [4.78, 5) is 51.1. The normalized spacial score (nSPS) is 19.6. The summed E-state index contributed by atoms with van der Waals surface area (Å²) in [7, 11) is 5.86. The number of hydrogen-bond donors (Lipinski definition) is 1. The Morgan fingerprint density at radius 3 is 2.47 bits per heavy atom. The van der Waals surface area contributed by atoms with Crippen molar-refractivity contribution in [2.24, 2.45) is 0 Å².